The Morgan fingerprint density at radius 3 is 2.82 bits per heavy atom. The molecule has 2 aromatic rings. The largest absolute Gasteiger partial charge is 0.144 e. The van der Waals surface area contributed by atoms with Crippen molar-refractivity contribution >= 4 is 27.3 Å². The second kappa shape index (κ2) is 4.58. The van der Waals surface area contributed by atoms with E-state index < -0.39 is 0 Å². The molecule has 0 nitrogen and oxygen atoms in total. The lowest BCUT2D eigenvalue weighted by Gasteiger charge is -2.33. The molecule has 0 saturated heterocycles. The highest BCUT2D eigenvalue weighted by Crippen LogP contribution is 2.49. The van der Waals surface area contributed by atoms with Crippen LogP contribution in [0.15, 0.2) is 36.4 Å². The normalized spacial score (nSPS) is 19.5. The van der Waals surface area contributed by atoms with E-state index in [1.807, 2.05) is 11.3 Å². The van der Waals surface area contributed by atoms with Crippen molar-refractivity contribution in [2.75, 3.05) is 0 Å². The Kier molecular flexibility index (Phi) is 3.10. The van der Waals surface area contributed by atoms with Crippen molar-refractivity contribution in [2.24, 2.45) is 0 Å². The van der Waals surface area contributed by atoms with Gasteiger partial charge in [0.25, 0.3) is 0 Å². The van der Waals surface area contributed by atoms with E-state index in [9.17, 15) is 0 Å². The van der Waals surface area contributed by atoms with E-state index >= 15 is 0 Å². The molecule has 0 N–H and O–H groups in total. The number of thiophene rings is 1. The number of rotatable bonds is 3. The first-order valence-corrected chi connectivity index (χ1v) is 7.83. The van der Waals surface area contributed by atoms with Crippen molar-refractivity contribution in [3.05, 3.63) is 57.3 Å². The minimum atomic E-state index is 0.489. The van der Waals surface area contributed by atoms with Crippen LogP contribution in [0.5, 0.6) is 0 Å². The number of aryl methyl sites for hydroxylation is 1. The number of hydrogen-bond donors (Lipinski definition) is 0. The van der Waals surface area contributed by atoms with Gasteiger partial charge in [-0.25, -0.2) is 0 Å². The van der Waals surface area contributed by atoms with Gasteiger partial charge in [0.15, 0.2) is 0 Å². The van der Waals surface area contributed by atoms with Crippen LogP contribution < -0.4 is 0 Å². The number of benzene rings is 1. The number of hydrogen-bond acceptors (Lipinski definition) is 1. The summed E-state index contributed by atoms with van der Waals surface area (Å²) in [5, 5.41) is 0. The Morgan fingerprint density at radius 1 is 1.29 bits per heavy atom. The van der Waals surface area contributed by atoms with Gasteiger partial charge in [-0.05, 0) is 36.1 Å². The van der Waals surface area contributed by atoms with Gasteiger partial charge in [-0.3, -0.25) is 0 Å². The Balaban J connectivity index is 1.83. The maximum absolute atomic E-state index is 3.89. The van der Waals surface area contributed by atoms with Crippen LogP contribution in [-0.2, 0) is 12.8 Å². The predicted octanol–water partition coefficient (Wildman–Crippen LogP) is 5.09. The summed E-state index contributed by atoms with van der Waals surface area (Å²) in [5.74, 6) is 0.662. The molecule has 1 aliphatic rings. The van der Waals surface area contributed by atoms with Gasteiger partial charge in [-0.2, -0.15) is 0 Å². The number of halogens is 1. The van der Waals surface area contributed by atoms with Gasteiger partial charge in [-0.1, -0.05) is 47.1 Å². The summed E-state index contributed by atoms with van der Waals surface area (Å²) in [5.41, 5.74) is 3.05. The van der Waals surface area contributed by atoms with Crippen LogP contribution in [0.25, 0.3) is 0 Å². The van der Waals surface area contributed by atoms with Crippen LogP contribution in [0.2, 0.25) is 0 Å². The van der Waals surface area contributed by atoms with E-state index in [1.165, 1.54) is 27.3 Å². The predicted molar refractivity (Wildman–Crippen MR) is 78.3 cm³/mol. The average molecular weight is 307 g/mol. The molecule has 2 unspecified atom stereocenters. The average Bonchev–Trinajstić information content (AvgIpc) is 2.79. The lowest BCUT2D eigenvalue weighted by molar-refractivity contribution is 0.605. The van der Waals surface area contributed by atoms with E-state index in [4.69, 9.17) is 0 Å². The molecule has 0 saturated carbocycles. The zero-order valence-corrected chi connectivity index (χ0v) is 12.2. The summed E-state index contributed by atoms with van der Waals surface area (Å²) in [7, 11) is 0. The van der Waals surface area contributed by atoms with Crippen molar-refractivity contribution in [2.45, 2.75) is 30.5 Å². The standard InChI is InChI=1S/C15H15BrS/c1-2-11-7-8-14(17-11)15(16)13-9-10-5-3-4-6-12(10)13/h3-8,13,15H,2,9H2,1H3. The van der Waals surface area contributed by atoms with Crippen molar-refractivity contribution < 1.29 is 0 Å². The second-order valence-electron chi connectivity index (χ2n) is 4.57. The van der Waals surface area contributed by atoms with Crippen molar-refractivity contribution in [3.8, 4) is 0 Å². The van der Waals surface area contributed by atoms with Gasteiger partial charge in [-0.15, -0.1) is 11.3 Å². The highest BCUT2D eigenvalue weighted by Gasteiger charge is 2.32. The molecule has 88 valence electrons. The first-order chi connectivity index (χ1) is 8.29. The SMILES string of the molecule is CCc1ccc(C(Br)C2Cc3ccccc32)s1. The van der Waals surface area contributed by atoms with Crippen molar-refractivity contribution in [3.63, 3.8) is 0 Å². The molecule has 0 radical (unpaired) electrons. The first-order valence-electron chi connectivity index (χ1n) is 6.10. The van der Waals surface area contributed by atoms with Gasteiger partial charge < -0.3 is 0 Å². The highest BCUT2D eigenvalue weighted by molar-refractivity contribution is 9.09. The zero-order valence-electron chi connectivity index (χ0n) is 9.82. The Bertz CT molecular complexity index is 529. The lowest BCUT2D eigenvalue weighted by Crippen LogP contribution is -2.20. The van der Waals surface area contributed by atoms with Gasteiger partial charge in [0.2, 0.25) is 0 Å². The highest BCUT2D eigenvalue weighted by atomic mass is 79.9. The number of fused-ring (bicyclic) bond motifs is 1. The Hall–Kier alpha value is -0.600. The molecule has 0 aliphatic heterocycles. The summed E-state index contributed by atoms with van der Waals surface area (Å²) in [6.07, 6.45) is 2.36. The molecule has 0 bridgehead atoms. The molecule has 0 amide bonds. The topological polar surface area (TPSA) is 0 Å². The summed E-state index contributed by atoms with van der Waals surface area (Å²) in [4.78, 5) is 3.45. The van der Waals surface area contributed by atoms with Gasteiger partial charge in [0, 0.05) is 15.7 Å². The molecular formula is C15H15BrS. The third kappa shape index (κ3) is 1.98. The third-order valence-corrected chi connectivity index (χ3v) is 6.30. The van der Waals surface area contributed by atoms with Crippen LogP contribution >= 0.6 is 27.3 Å². The molecule has 3 rings (SSSR count). The minimum Gasteiger partial charge on any atom is -0.144 e. The molecule has 1 aromatic heterocycles. The molecule has 1 heterocycles. The maximum Gasteiger partial charge on any atom is 0.0560 e. The molecule has 2 heteroatoms. The zero-order chi connectivity index (χ0) is 11.8. The van der Waals surface area contributed by atoms with Gasteiger partial charge >= 0.3 is 0 Å². The van der Waals surface area contributed by atoms with E-state index in [-0.39, 0.29) is 0 Å². The van der Waals surface area contributed by atoms with Gasteiger partial charge in [0.05, 0.1) is 4.83 Å². The smallest absolute Gasteiger partial charge is 0.0560 e. The van der Waals surface area contributed by atoms with E-state index in [0.29, 0.717) is 10.7 Å². The van der Waals surface area contributed by atoms with Crippen molar-refractivity contribution in [1.82, 2.24) is 0 Å². The third-order valence-electron chi connectivity index (χ3n) is 3.55. The van der Waals surface area contributed by atoms with Crippen molar-refractivity contribution in [1.29, 1.82) is 0 Å². The monoisotopic (exact) mass is 306 g/mol. The van der Waals surface area contributed by atoms with Gasteiger partial charge in [0.1, 0.15) is 0 Å². The van der Waals surface area contributed by atoms with E-state index in [0.717, 1.165) is 6.42 Å². The molecule has 17 heavy (non-hydrogen) atoms. The molecular weight excluding hydrogens is 292 g/mol. The fourth-order valence-corrected chi connectivity index (χ4v) is 4.39. The summed E-state index contributed by atoms with van der Waals surface area (Å²) in [6, 6.07) is 13.3. The molecule has 0 spiro atoms. The lowest BCUT2D eigenvalue weighted by atomic mass is 9.75. The van der Waals surface area contributed by atoms with Crippen LogP contribution in [0.1, 0.15) is 38.6 Å². The first kappa shape index (κ1) is 11.5. The van der Waals surface area contributed by atoms with Crippen LogP contribution in [0.3, 0.4) is 0 Å². The summed E-state index contributed by atoms with van der Waals surface area (Å²) >= 11 is 5.83. The van der Waals surface area contributed by atoms with Crippen LogP contribution in [-0.4, -0.2) is 0 Å². The summed E-state index contributed by atoms with van der Waals surface area (Å²) < 4.78 is 0. The van der Waals surface area contributed by atoms with E-state index in [1.54, 1.807) is 0 Å². The molecule has 0 fully saturated rings. The minimum absolute atomic E-state index is 0.489. The van der Waals surface area contributed by atoms with Crippen LogP contribution in [0, 0.1) is 0 Å². The fourth-order valence-electron chi connectivity index (χ4n) is 2.49. The molecule has 2 atom stereocenters. The quantitative estimate of drug-likeness (QED) is 0.693. The second-order valence-corrected chi connectivity index (χ2v) is 6.76. The fraction of sp³-hybridized carbons (Fsp3) is 0.333. The maximum atomic E-state index is 3.89. The molecule has 1 aliphatic carbocycles. The molecule has 1 aromatic carbocycles. The van der Waals surface area contributed by atoms with Crippen LogP contribution in [0.4, 0.5) is 0 Å². The number of alkyl halides is 1. The Labute approximate surface area is 115 Å². The Morgan fingerprint density at radius 2 is 2.12 bits per heavy atom. The summed E-state index contributed by atoms with van der Waals surface area (Å²) in [6.45, 7) is 2.22. The van der Waals surface area contributed by atoms with E-state index in [2.05, 4.69) is 59.3 Å².